The molecular formula is C55H84N4O3SSi. The molecule has 2 heterocycles. The lowest BCUT2D eigenvalue weighted by Gasteiger charge is -2.72. The van der Waals surface area contributed by atoms with E-state index in [2.05, 4.69) is 127 Å². The predicted molar refractivity (Wildman–Crippen MR) is 267 cm³/mol. The minimum absolute atomic E-state index is 0.0353. The number of carboxylic acids is 1. The monoisotopic (exact) mass is 909 g/mol. The molecule has 352 valence electrons. The van der Waals surface area contributed by atoms with Crippen molar-refractivity contribution >= 4 is 25.8 Å². The Kier molecular flexibility index (Phi) is 12.8. The van der Waals surface area contributed by atoms with Gasteiger partial charge in [-0.2, -0.15) is 17.0 Å². The largest absolute Gasteiger partial charge is 0.481 e. The number of ether oxygens (including phenoxy) is 1. The lowest BCUT2D eigenvalue weighted by atomic mass is 9.33. The van der Waals surface area contributed by atoms with Gasteiger partial charge in [0.2, 0.25) is 5.88 Å². The van der Waals surface area contributed by atoms with Crippen molar-refractivity contribution < 1.29 is 14.6 Å². The molecule has 1 aromatic heterocycles. The number of aliphatic carboxylic acids is 1. The van der Waals surface area contributed by atoms with Gasteiger partial charge in [0.25, 0.3) is 0 Å². The second kappa shape index (κ2) is 17.0. The maximum Gasteiger partial charge on any atom is 0.313 e. The fourth-order valence-electron chi connectivity index (χ4n) is 16.7. The molecule has 5 fully saturated rings. The Bertz CT molecular complexity index is 2080. The summed E-state index contributed by atoms with van der Waals surface area (Å²) < 4.78 is 6.31. The number of nitrogens with one attached hydrogen (secondary N) is 1. The first kappa shape index (κ1) is 48.1. The quantitative estimate of drug-likeness (QED) is 0.167. The van der Waals surface area contributed by atoms with E-state index in [-0.39, 0.29) is 39.0 Å². The zero-order valence-corrected chi connectivity index (χ0v) is 43.6. The van der Waals surface area contributed by atoms with Crippen LogP contribution >= 0.6 is 11.8 Å². The van der Waals surface area contributed by atoms with Crippen molar-refractivity contribution in [2.24, 2.45) is 56.7 Å². The fourth-order valence-corrected chi connectivity index (χ4v) is 20.9. The molecule has 7 nitrogen and oxygen atoms in total. The van der Waals surface area contributed by atoms with Gasteiger partial charge in [0.05, 0.1) is 19.7 Å². The zero-order valence-electron chi connectivity index (χ0n) is 41.8. The van der Waals surface area contributed by atoms with Gasteiger partial charge in [-0.25, -0.2) is 4.98 Å². The first-order valence-electron chi connectivity index (χ1n) is 25.4. The van der Waals surface area contributed by atoms with Crippen molar-refractivity contribution in [3.63, 3.8) is 0 Å². The van der Waals surface area contributed by atoms with Gasteiger partial charge in [-0.3, -0.25) is 4.79 Å². The fraction of sp³-hybridized carbons (Fsp3) is 0.764. The van der Waals surface area contributed by atoms with E-state index in [1.54, 1.807) is 18.3 Å². The highest BCUT2D eigenvalue weighted by Crippen LogP contribution is 2.77. The number of fused-ring (bicyclic) bond motifs is 7. The number of nitrogens with zero attached hydrogens (tertiary/aromatic N) is 3. The third-order valence-corrected chi connectivity index (χ3v) is 28.4. The van der Waals surface area contributed by atoms with E-state index in [1.165, 1.54) is 99.2 Å². The van der Waals surface area contributed by atoms with Gasteiger partial charge in [0.1, 0.15) is 12.0 Å². The number of rotatable bonds is 11. The van der Waals surface area contributed by atoms with Crippen LogP contribution in [-0.2, 0) is 4.79 Å². The molecule has 1 aliphatic heterocycles. The van der Waals surface area contributed by atoms with E-state index in [1.807, 2.05) is 0 Å². The van der Waals surface area contributed by atoms with Gasteiger partial charge in [-0.1, -0.05) is 92.8 Å². The van der Waals surface area contributed by atoms with Crippen LogP contribution in [0.25, 0.3) is 0 Å². The van der Waals surface area contributed by atoms with Gasteiger partial charge < -0.3 is 20.1 Å². The second-order valence-corrected chi connectivity index (χ2v) is 31.9. The highest BCUT2D eigenvalue weighted by molar-refractivity contribution is 7.99. The Balaban J connectivity index is 1.09. The predicted octanol–water partition coefficient (Wildman–Crippen LogP) is 12.6. The highest BCUT2D eigenvalue weighted by atomic mass is 32.2. The summed E-state index contributed by atoms with van der Waals surface area (Å²) in [7, 11) is -2.31. The number of carboxylic acid groups (broad SMARTS) is 1. The molecule has 2 N–H and O–H groups in total. The summed E-state index contributed by atoms with van der Waals surface area (Å²) >= 11 is 2.11. The Hall–Kier alpha value is -2.38. The van der Waals surface area contributed by atoms with Crippen molar-refractivity contribution in [2.75, 3.05) is 44.3 Å². The summed E-state index contributed by atoms with van der Waals surface area (Å²) in [5, 5.41) is 25.2. The van der Waals surface area contributed by atoms with Crippen LogP contribution in [0, 0.1) is 68.0 Å². The van der Waals surface area contributed by atoms with Gasteiger partial charge in [0.15, 0.2) is 0 Å². The molecule has 11 atom stereocenters. The Morgan fingerprint density at radius 3 is 2.44 bits per heavy atom. The number of carbonyl (C=O) groups is 1. The SMILES string of the molecule is C=C(C)[C@@H]1CC[C@]2(NCCN3CCSCC3)CC[C@]3(C)[C@H](CC[C@@H]4[C@@]5(C)CC=C(C6=CC([Si](C)(C)C(C)(C)C)C(COc7cc(C#N)ccn7)(C(=O)O)CC6)C(C)(C)[C@@H]5CC[C@]43C)[C@@H]12. The van der Waals surface area contributed by atoms with Crippen molar-refractivity contribution in [1.82, 2.24) is 15.2 Å². The first-order valence-corrected chi connectivity index (χ1v) is 29.6. The number of hydrogen-bond acceptors (Lipinski definition) is 7. The number of allylic oxidation sites excluding steroid dienone is 5. The molecule has 0 radical (unpaired) electrons. The summed E-state index contributed by atoms with van der Waals surface area (Å²) in [5.41, 5.74) is 4.50. The van der Waals surface area contributed by atoms with E-state index >= 15 is 0 Å². The third-order valence-electron chi connectivity index (χ3n) is 21.3. The van der Waals surface area contributed by atoms with Gasteiger partial charge in [-0.05, 0) is 157 Å². The molecule has 9 heteroatoms. The minimum atomic E-state index is -2.31. The van der Waals surface area contributed by atoms with Crippen LogP contribution in [0.4, 0.5) is 0 Å². The van der Waals surface area contributed by atoms with Crippen LogP contribution in [0.15, 0.2) is 53.8 Å². The number of aromatic nitrogens is 1. The molecule has 4 saturated carbocycles. The molecule has 1 aromatic rings. The molecule has 2 unspecified atom stereocenters. The molecule has 0 spiro atoms. The summed E-state index contributed by atoms with van der Waals surface area (Å²) in [4.78, 5) is 20.9. The molecule has 8 rings (SSSR count). The summed E-state index contributed by atoms with van der Waals surface area (Å²) in [6.07, 6.45) is 19.5. The van der Waals surface area contributed by atoms with Crippen molar-refractivity contribution in [3.05, 3.63) is 59.3 Å². The van der Waals surface area contributed by atoms with E-state index in [9.17, 15) is 15.2 Å². The molecule has 0 amide bonds. The lowest BCUT2D eigenvalue weighted by Crippen LogP contribution is -2.68. The summed E-state index contributed by atoms with van der Waals surface area (Å²) in [6, 6.07) is 5.45. The highest BCUT2D eigenvalue weighted by Gasteiger charge is 2.70. The average Bonchev–Trinajstić information content (AvgIpc) is 3.63. The molecule has 7 aliphatic rings. The maximum atomic E-state index is 13.8. The van der Waals surface area contributed by atoms with Crippen LogP contribution < -0.4 is 10.1 Å². The van der Waals surface area contributed by atoms with Gasteiger partial charge in [-0.15, -0.1) is 0 Å². The maximum absolute atomic E-state index is 13.8. The normalized spacial score (nSPS) is 39.8. The minimum Gasteiger partial charge on any atom is -0.481 e. The summed E-state index contributed by atoms with van der Waals surface area (Å²) in [5.74, 6) is 5.33. The topological polar surface area (TPSA) is 98.5 Å². The number of hydrogen-bond donors (Lipinski definition) is 2. The smallest absolute Gasteiger partial charge is 0.313 e. The second-order valence-electron chi connectivity index (χ2n) is 25.2. The van der Waals surface area contributed by atoms with Crippen LogP contribution in [0.5, 0.6) is 5.88 Å². The number of nitriles is 1. The van der Waals surface area contributed by atoms with Crippen molar-refractivity contribution in [3.8, 4) is 11.9 Å². The van der Waals surface area contributed by atoms with Crippen LogP contribution in [0.3, 0.4) is 0 Å². The average molecular weight is 909 g/mol. The van der Waals surface area contributed by atoms with Crippen molar-refractivity contribution in [1.29, 1.82) is 5.26 Å². The molecule has 0 aromatic carbocycles. The third kappa shape index (κ3) is 7.56. The zero-order chi connectivity index (χ0) is 46.3. The van der Waals surface area contributed by atoms with E-state index < -0.39 is 19.5 Å². The Labute approximate surface area is 393 Å². The van der Waals surface area contributed by atoms with Crippen LogP contribution in [0.2, 0.25) is 23.7 Å². The lowest BCUT2D eigenvalue weighted by molar-refractivity contribution is -0.221. The summed E-state index contributed by atoms with van der Waals surface area (Å²) in [6.45, 7) is 36.9. The van der Waals surface area contributed by atoms with Crippen molar-refractivity contribution in [2.45, 2.75) is 162 Å². The molecule has 1 saturated heterocycles. The van der Waals surface area contributed by atoms with Gasteiger partial charge in [0, 0.05) is 55.5 Å². The van der Waals surface area contributed by atoms with E-state index in [0.717, 1.165) is 25.3 Å². The first-order chi connectivity index (χ1) is 30.0. The molecule has 64 heavy (non-hydrogen) atoms. The molecular weight excluding hydrogens is 825 g/mol. The van der Waals surface area contributed by atoms with Gasteiger partial charge >= 0.3 is 5.97 Å². The van der Waals surface area contributed by atoms with Crippen LogP contribution in [0.1, 0.15) is 139 Å². The van der Waals surface area contributed by atoms with Crippen LogP contribution in [-0.4, -0.2) is 78.9 Å². The Morgan fingerprint density at radius 1 is 1.03 bits per heavy atom. The molecule has 6 aliphatic carbocycles. The Morgan fingerprint density at radius 2 is 1.77 bits per heavy atom. The molecule has 0 bridgehead atoms. The van der Waals surface area contributed by atoms with E-state index in [0.29, 0.717) is 47.0 Å². The standard InChI is InChI=1S/C55H84N4O3SSi/c1-37(2)40-16-23-55(58-27-28-59-29-31-63-32-30-59)25-24-52(9)42(47(40)55)13-14-44-51(8)20-17-41(50(6,7)43(51)18-21-53(44,52)10)39-15-22-54(48(60)61,45(34-39)64(11,12)49(3,4)5)36-62-46-33-38(35-56)19-26-57-46/h17,19,26,33-34,40,42-45,47,58H,1,13-16,18,20-25,27-32,36H2,2-12H3,(H,60,61)/t40-,42+,43-,44+,45?,47+,51-,52+,53+,54?,55-/m0/s1. The number of thioether (sulfide) groups is 1. The van der Waals surface area contributed by atoms with E-state index in [4.69, 9.17) is 4.74 Å². The number of pyridine rings is 1.